The van der Waals surface area contributed by atoms with Crippen LogP contribution in [-0.2, 0) is 4.79 Å². The maximum absolute atomic E-state index is 12.4. The smallest absolute Gasteiger partial charge is 0.265 e. The van der Waals surface area contributed by atoms with E-state index in [1.54, 1.807) is 23.9 Å². The number of amides is 1. The molecule has 0 bridgehead atoms. The summed E-state index contributed by atoms with van der Waals surface area (Å²) in [5.74, 6) is 0.491. The fourth-order valence-electron chi connectivity index (χ4n) is 2.10. The van der Waals surface area contributed by atoms with Gasteiger partial charge in [-0.05, 0) is 61.6 Å². The van der Waals surface area contributed by atoms with E-state index in [9.17, 15) is 4.79 Å². The number of aryl methyl sites for hydroxylation is 1. The standard InChI is InChI=1S/C18H20ClNO2S/c1-4-17(22-14-8-9-16(19)12(2)10-14)18(21)20-13-6-5-7-15(11-13)23-3/h5-11,17H,4H2,1-3H3,(H,20,21). The lowest BCUT2D eigenvalue weighted by Gasteiger charge is -2.18. The van der Waals surface area contributed by atoms with Gasteiger partial charge in [-0.2, -0.15) is 0 Å². The van der Waals surface area contributed by atoms with Crippen LogP contribution in [-0.4, -0.2) is 18.3 Å². The highest BCUT2D eigenvalue weighted by Crippen LogP contribution is 2.23. The van der Waals surface area contributed by atoms with Crippen LogP contribution >= 0.6 is 23.4 Å². The lowest BCUT2D eigenvalue weighted by molar-refractivity contribution is -0.122. The van der Waals surface area contributed by atoms with E-state index < -0.39 is 6.10 Å². The van der Waals surface area contributed by atoms with Gasteiger partial charge in [-0.25, -0.2) is 0 Å². The molecule has 0 heterocycles. The van der Waals surface area contributed by atoms with Gasteiger partial charge in [-0.15, -0.1) is 11.8 Å². The minimum atomic E-state index is -0.548. The number of hydrogen-bond donors (Lipinski definition) is 1. The van der Waals surface area contributed by atoms with Crippen LogP contribution in [0.3, 0.4) is 0 Å². The Morgan fingerprint density at radius 1 is 1.30 bits per heavy atom. The zero-order valence-electron chi connectivity index (χ0n) is 13.4. The maximum atomic E-state index is 12.4. The first-order valence-corrected chi connectivity index (χ1v) is 9.01. The van der Waals surface area contributed by atoms with Crippen molar-refractivity contribution in [2.24, 2.45) is 0 Å². The molecule has 0 aliphatic heterocycles. The van der Waals surface area contributed by atoms with Crippen molar-refractivity contribution in [3.05, 3.63) is 53.1 Å². The summed E-state index contributed by atoms with van der Waals surface area (Å²) in [5, 5.41) is 3.59. The molecule has 1 atom stereocenters. The van der Waals surface area contributed by atoms with Gasteiger partial charge in [-0.3, -0.25) is 4.79 Å². The van der Waals surface area contributed by atoms with Gasteiger partial charge in [0.15, 0.2) is 6.10 Å². The monoisotopic (exact) mass is 349 g/mol. The predicted molar refractivity (Wildman–Crippen MR) is 97.7 cm³/mol. The zero-order chi connectivity index (χ0) is 16.8. The van der Waals surface area contributed by atoms with Crippen molar-refractivity contribution in [2.75, 3.05) is 11.6 Å². The zero-order valence-corrected chi connectivity index (χ0v) is 15.0. The van der Waals surface area contributed by atoms with Crippen LogP contribution in [0.2, 0.25) is 5.02 Å². The molecule has 1 N–H and O–H groups in total. The summed E-state index contributed by atoms with van der Waals surface area (Å²) in [4.78, 5) is 13.5. The minimum absolute atomic E-state index is 0.154. The molecule has 2 rings (SSSR count). The molecule has 0 saturated carbocycles. The molecule has 5 heteroatoms. The van der Waals surface area contributed by atoms with Gasteiger partial charge in [0.2, 0.25) is 0 Å². The van der Waals surface area contributed by atoms with E-state index in [2.05, 4.69) is 5.32 Å². The number of halogens is 1. The molecule has 23 heavy (non-hydrogen) atoms. The molecule has 2 aromatic carbocycles. The first-order valence-electron chi connectivity index (χ1n) is 7.41. The molecule has 1 amide bonds. The summed E-state index contributed by atoms with van der Waals surface area (Å²) in [6, 6.07) is 13.1. The SMILES string of the molecule is CCC(Oc1ccc(Cl)c(C)c1)C(=O)Nc1cccc(SC)c1. The van der Waals surface area contributed by atoms with Gasteiger partial charge in [0.05, 0.1) is 0 Å². The van der Waals surface area contributed by atoms with Gasteiger partial charge >= 0.3 is 0 Å². The first-order chi connectivity index (χ1) is 11.0. The second-order valence-corrected chi connectivity index (χ2v) is 6.43. The molecular weight excluding hydrogens is 330 g/mol. The Labute approximate surface area is 146 Å². The second-order valence-electron chi connectivity index (χ2n) is 5.15. The Morgan fingerprint density at radius 3 is 2.74 bits per heavy atom. The Balaban J connectivity index is 2.07. The van der Waals surface area contributed by atoms with Crippen LogP contribution in [0.25, 0.3) is 0 Å². The van der Waals surface area contributed by atoms with Gasteiger partial charge in [0, 0.05) is 15.6 Å². The van der Waals surface area contributed by atoms with Crippen molar-refractivity contribution in [3.8, 4) is 5.75 Å². The Kier molecular flexibility index (Phi) is 6.37. The largest absolute Gasteiger partial charge is 0.481 e. The number of anilines is 1. The van der Waals surface area contributed by atoms with E-state index in [0.29, 0.717) is 17.2 Å². The minimum Gasteiger partial charge on any atom is -0.481 e. The fourth-order valence-corrected chi connectivity index (χ4v) is 2.68. The lowest BCUT2D eigenvalue weighted by Crippen LogP contribution is -2.32. The Bertz CT molecular complexity index is 690. The molecular formula is C18H20ClNO2S. The highest BCUT2D eigenvalue weighted by molar-refractivity contribution is 7.98. The molecule has 1 unspecified atom stereocenters. The maximum Gasteiger partial charge on any atom is 0.265 e. The van der Waals surface area contributed by atoms with E-state index in [4.69, 9.17) is 16.3 Å². The van der Waals surface area contributed by atoms with Crippen LogP contribution < -0.4 is 10.1 Å². The normalized spacial score (nSPS) is 11.8. The molecule has 0 radical (unpaired) electrons. The van der Waals surface area contributed by atoms with Crippen molar-refractivity contribution in [1.82, 2.24) is 0 Å². The van der Waals surface area contributed by atoms with Crippen LogP contribution in [0.5, 0.6) is 5.75 Å². The van der Waals surface area contributed by atoms with Gasteiger partial charge in [0.1, 0.15) is 5.75 Å². The highest BCUT2D eigenvalue weighted by atomic mass is 35.5. The summed E-state index contributed by atoms with van der Waals surface area (Å²) in [6.07, 6.45) is 2.03. The second kappa shape index (κ2) is 8.27. The van der Waals surface area contributed by atoms with Crippen LogP contribution in [0.1, 0.15) is 18.9 Å². The molecule has 0 saturated heterocycles. The summed E-state index contributed by atoms with van der Waals surface area (Å²) in [5.41, 5.74) is 1.70. The molecule has 0 spiro atoms. The number of rotatable bonds is 6. The third kappa shape index (κ3) is 4.91. The quantitative estimate of drug-likeness (QED) is 0.731. The number of nitrogens with one attached hydrogen (secondary N) is 1. The van der Waals surface area contributed by atoms with E-state index in [0.717, 1.165) is 16.1 Å². The first kappa shape index (κ1) is 17.7. The molecule has 2 aromatic rings. The third-order valence-electron chi connectivity index (χ3n) is 3.41. The van der Waals surface area contributed by atoms with E-state index in [1.807, 2.05) is 50.4 Å². The highest BCUT2D eigenvalue weighted by Gasteiger charge is 2.19. The summed E-state index contributed by atoms with van der Waals surface area (Å²) < 4.78 is 5.81. The Hall–Kier alpha value is -1.65. The molecule has 3 nitrogen and oxygen atoms in total. The van der Waals surface area contributed by atoms with E-state index in [-0.39, 0.29) is 5.91 Å². The van der Waals surface area contributed by atoms with Crippen LogP contribution in [0.4, 0.5) is 5.69 Å². The number of ether oxygens (including phenoxy) is 1. The summed E-state index contributed by atoms with van der Waals surface area (Å²) in [6.45, 7) is 3.83. The van der Waals surface area contributed by atoms with Crippen molar-refractivity contribution in [1.29, 1.82) is 0 Å². The third-order valence-corrected chi connectivity index (χ3v) is 4.56. The molecule has 0 aliphatic carbocycles. The fraction of sp³-hybridized carbons (Fsp3) is 0.278. The number of benzene rings is 2. The topological polar surface area (TPSA) is 38.3 Å². The molecule has 0 aromatic heterocycles. The van der Waals surface area contributed by atoms with Crippen molar-refractivity contribution in [2.45, 2.75) is 31.3 Å². The van der Waals surface area contributed by atoms with Crippen molar-refractivity contribution >= 4 is 35.0 Å². The molecule has 122 valence electrons. The van der Waals surface area contributed by atoms with Crippen molar-refractivity contribution < 1.29 is 9.53 Å². The molecule has 0 fully saturated rings. The summed E-state index contributed by atoms with van der Waals surface area (Å²) >= 11 is 7.65. The number of hydrogen-bond acceptors (Lipinski definition) is 3. The number of carbonyl (C=O) groups is 1. The van der Waals surface area contributed by atoms with E-state index in [1.165, 1.54) is 0 Å². The van der Waals surface area contributed by atoms with Crippen LogP contribution in [0.15, 0.2) is 47.4 Å². The van der Waals surface area contributed by atoms with Gasteiger partial charge in [0.25, 0.3) is 5.91 Å². The van der Waals surface area contributed by atoms with E-state index >= 15 is 0 Å². The lowest BCUT2D eigenvalue weighted by atomic mass is 10.2. The predicted octanol–water partition coefficient (Wildman–Crippen LogP) is 5.17. The van der Waals surface area contributed by atoms with Gasteiger partial charge < -0.3 is 10.1 Å². The summed E-state index contributed by atoms with van der Waals surface area (Å²) in [7, 11) is 0. The van der Waals surface area contributed by atoms with Gasteiger partial charge in [-0.1, -0.05) is 24.6 Å². The molecule has 0 aliphatic rings. The number of thioether (sulfide) groups is 1. The van der Waals surface area contributed by atoms with Crippen molar-refractivity contribution in [3.63, 3.8) is 0 Å². The Morgan fingerprint density at radius 2 is 2.09 bits per heavy atom. The average molecular weight is 350 g/mol. The van der Waals surface area contributed by atoms with Crippen LogP contribution in [0, 0.1) is 6.92 Å². The average Bonchev–Trinajstić information content (AvgIpc) is 2.55. The number of carbonyl (C=O) groups excluding carboxylic acids is 1.